The highest BCUT2D eigenvalue weighted by atomic mass is 16.3. The molecule has 3 aromatic rings. The van der Waals surface area contributed by atoms with Crippen molar-refractivity contribution >= 4 is 34.0 Å². The van der Waals surface area contributed by atoms with Crippen LogP contribution in [0.5, 0.6) is 5.75 Å². The molecular weight excluding hydrogens is 274 g/mol. The van der Waals surface area contributed by atoms with Gasteiger partial charge in [-0.15, -0.1) is 0 Å². The number of anilines is 1. The molecule has 1 heterocycles. The molecule has 0 unspecified atom stereocenters. The minimum absolute atomic E-state index is 0.145. The van der Waals surface area contributed by atoms with Crippen molar-refractivity contribution in [1.29, 1.82) is 0 Å². The number of fused-ring (bicyclic) bond motifs is 2. The maximum atomic E-state index is 12.1. The first-order valence-corrected chi connectivity index (χ1v) is 7.06. The molecule has 3 nitrogen and oxygen atoms in total. The first kappa shape index (κ1) is 12.7. The molecule has 0 bridgehead atoms. The van der Waals surface area contributed by atoms with Gasteiger partial charge in [0.05, 0.1) is 0 Å². The zero-order chi connectivity index (χ0) is 15.1. The van der Waals surface area contributed by atoms with E-state index in [1.807, 2.05) is 54.6 Å². The number of hydrogen-bond acceptors (Lipinski definition) is 2. The second kappa shape index (κ2) is 4.74. The summed E-state index contributed by atoms with van der Waals surface area (Å²) in [6.45, 7) is 0. The number of phenols is 1. The summed E-state index contributed by atoms with van der Waals surface area (Å²) in [5, 5.41) is 15.1. The second-order valence-corrected chi connectivity index (χ2v) is 5.32. The zero-order valence-electron chi connectivity index (χ0n) is 11.7. The summed E-state index contributed by atoms with van der Waals surface area (Å²) in [5.41, 5.74) is 2.88. The molecule has 1 aliphatic heterocycles. The fraction of sp³-hybridized carbons (Fsp3) is 0. The third-order valence-corrected chi connectivity index (χ3v) is 3.90. The molecule has 0 aliphatic carbocycles. The predicted molar refractivity (Wildman–Crippen MR) is 88.6 cm³/mol. The average molecular weight is 287 g/mol. The van der Waals surface area contributed by atoms with E-state index in [0.29, 0.717) is 11.1 Å². The molecule has 3 aromatic carbocycles. The maximum absolute atomic E-state index is 12.1. The molecule has 22 heavy (non-hydrogen) atoms. The van der Waals surface area contributed by atoms with Gasteiger partial charge in [-0.25, -0.2) is 0 Å². The van der Waals surface area contributed by atoms with Gasteiger partial charge in [0, 0.05) is 22.4 Å². The Morgan fingerprint density at radius 2 is 1.59 bits per heavy atom. The van der Waals surface area contributed by atoms with Gasteiger partial charge in [-0.3, -0.25) is 4.79 Å². The Hall–Kier alpha value is -3.07. The molecule has 0 aromatic heterocycles. The first-order chi connectivity index (χ1) is 10.7. The van der Waals surface area contributed by atoms with Gasteiger partial charge in [-0.2, -0.15) is 0 Å². The fourth-order valence-electron chi connectivity index (χ4n) is 2.80. The Labute approximate surface area is 127 Å². The summed E-state index contributed by atoms with van der Waals surface area (Å²) >= 11 is 0. The summed E-state index contributed by atoms with van der Waals surface area (Å²) in [4.78, 5) is 12.1. The predicted octanol–water partition coefficient (Wildman–Crippen LogP) is 4.04. The van der Waals surface area contributed by atoms with E-state index < -0.39 is 0 Å². The Morgan fingerprint density at radius 1 is 0.909 bits per heavy atom. The van der Waals surface area contributed by atoms with Crippen molar-refractivity contribution in [3.63, 3.8) is 0 Å². The quantitative estimate of drug-likeness (QED) is 0.664. The first-order valence-electron chi connectivity index (χ1n) is 7.06. The highest BCUT2D eigenvalue weighted by Gasteiger charge is 2.23. The molecule has 4 rings (SSSR count). The lowest BCUT2D eigenvalue weighted by atomic mass is 10.0. The van der Waals surface area contributed by atoms with Crippen LogP contribution in [0, 0.1) is 0 Å². The molecular formula is C19H13NO2. The third-order valence-electron chi connectivity index (χ3n) is 3.90. The van der Waals surface area contributed by atoms with Crippen LogP contribution in [0.4, 0.5) is 5.69 Å². The zero-order valence-corrected chi connectivity index (χ0v) is 11.7. The van der Waals surface area contributed by atoms with Gasteiger partial charge in [-0.1, -0.05) is 42.5 Å². The Bertz CT molecular complexity index is 941. The molecule has 0 saturated heterocycles. The van der Waals surface area contributed by atoms with Crippen LogP contribution in [0.2, 0.25) is 0 Å². The molecule has 0 atom stereocenters. The van der Waals surface area contributed by atoms with Crippen molar-refractivity contribution in [2.24, 2.45) is 0 Å². The lowest BCUT2D eigenvalue weighted by Crippen LogP contribution is -2.03. The van der Waals surface area contributed by atoms with Gasteiger partial charge < -0.3 is 10.4 Å². The summed E-state index contributed by atoms with van der Waals surface area (Å²) in [6, 6.07) is 19.0. The van der Waals surface area contributed by atoms with E-state index in [0.717, 1.165) is 22.0 Å². The van der Waals surface area contributed by atoms with E-state index in [-0.39, 0.29) is 11.7 Å². The Kier molecular flexibility index (Phi) is 2.73. The average Bonchev–Trinajstić information content (AvgIpc) is 2.84. The Morgan fingerprint density at radius 3 is 2.41 bits per heavy atom. The molecule has 0 saturated carbocycles. The standard InChI is InChI=1S/C19H13NO2/c21-18-11-13-6-2-1-5-12(13)9-14(18)10-16-15-7-3-4-8-17(15)20-19(16)22/h1-11,21H,(H,20,22)/b16-10-. The van der Waals surface area contributed by atoms with E-state index in [2.05, 4.69) is 5.32 Å². The number of rotatable bonds is 1. The van der Waals surface area contributed by atoms with E-state index >= 15 is 0 Å². The van der Waals surface area contributed by atoms with Gasteiger partial charge in [0.2, 0.25) is 0 Å². The summed E-state index contributed by atoms with van der Waals surface area (Å²) in [6.07, 6.45) is 1.74. The second-order valence-electron chi connectivity index (χ2n) is 5.32. The minimum Gasteiger partial charge on any atom is -0.507 e. The number of carbonyl (C=O) groups excluding carboxylic acids is 1. The van der Waals surface area contributed by atoms with Gasteiger partial charge in [0.25, 0.3) is 5.91 Å². The van der Waals surface area contributed by atoms with E-state index in [9.17, 15) is 9.90 Å². The Balaban J connectivity index is 1.89. The maximum Gasteiger partial charge on any atom is 0.256 e. The topological polar surface area (TPSA) is 49.3 Å². The van der Waals surface area contributed by atoms with Gasteiger partial charge in [-0.05, 0) is 35.0 Å². The molecule has 0 radical (unpaired) electrons. The van der Waals surface area contributed by atoms with Crippen LogP contribution in [-0.2, 0) is 4.79 Å². The van der Waals surface area contributed by atoms with Gasteiger partial charge in [0.15, 0.2) is 0 Å². The van der Waals surface area contributed by atoms with Crippen LogP contribution in [0.15, 0.2) is 60.7 Å². The minimum atomic E-state index is -0.145. The third kappa shape index (κ3) is 1.95. The van der Waals surface area contributed by atoms with E-state index in [1.54, 1.807) is 12.1 Å². The smallest absolute Gasteiger partial charge is 0.256 e. The summed E-state index contributed by atoms with van der Waals surface area (Å²) in [7, 11) is 0. The number of amides is 1. The van der Waals surface area contributed by atoms with E-state index in [4.69, 9.17) is 0 Å². The van der Waals surface area contributed by atoms with Crippen molar-refractivity contribution in [3.05, 3.63) is 71.8 Å². The summed E-state index contributed by atoms with van der Waals surface area (Å²) < 4.78 is 0. The molecule has 0 spiro atoms. The number of phenolic OH excluding ortho intramolecular Hbond substituents is 1. The molecule has 1 aliphatic rings. The van der Waals surface area contributed by atoms with E-state index in [1.165, 1.54) is 0 Å². The van der Waals surface area contributed by atoms with Crippen LogP contribution < -0.4 is 5.32 Å². The van der Waals surface area contributed by atoms with Crippen LogP contribution in [0.1, 0.15) is 11.1 Å². The fourth-order valence-corrected chi connectivity index (χ4v) is 2.80. The summed E-state index contributed by atoms with van der Waals surface area (Å²) in [5.74, 6) is 0.0251. The molecule has 1 amide bonds. The number of nitrogens with one attached hydrogen (secondary N) is 1. The van der Waals surface area contributed by atoms with Crippen LogP contribution in [-0.4, -0.2) is 11.0 Å². The largest absolute Gasteiger partial charge is 0.507 e. The highest BCUT2D eigenvalue weighted by Crippen LogP contribution is 2.35. The number of benzene rings is 3. The van der Waals surface area contributed by atoms with Crippen LogP contribution in [0.3, 0.4) is 0 Å². The van der Waals surface area contributed by atoms with Crippen molar-refractivity contribution < 1.29 is 9.90 Å². The lowest BCUT2D eigenvalue weighted by molar-refractivity contribution is -0.110. The molecule has 0 fully saturated rings. The van der Waals surface area contributed by atoms with Crippen molar-refractivity contribution in [2.75, 3.05) is 5.32 Å². The molecule has 3 heteroatoms. The van der Waals surface area contributed by atoms with Crippen molar-refractivity contribution in [3.8, 4) is 5.75 Å². The molecule has 106 valence electrons. The number of carbonyl (C=O) groups is 1. The van der Waals surface area contributed by atoms with Crippen LogP contribution in [0.25, 0.3) is 22.4 Å². The van der Waals surface area contributed by atoms with Crippen molar-refractivity contribution in [1.82, 2.24) is 0 Å². The number of hydrogen-bond donors (Lipinski definition) is 2. The molecule has 2 N–H and O–H groups in total. The lowest BCUT2D eigenvalue weighted by Gasteiger charge is -2.04. The van der Waals surface area contributed by atoms with Gasteiger partial charge >= 0.3 is 0 Å². The highest BCUT2D eigenvalue weighted by molar-refractivity contribution is 6.35. The number of para-hydroxylation sites is 1. The normalized spacial score (nSPS) is 15.1. The monoisotopic (exact) mass is 287 g/mol. The SMILES string of the molecule is O=C1Nc2ccccc2/C1=C/c1cc2ccccc2cc1O. The van der Waals surface area contributed by atoms with Gasteiger partial charge in [0.1, 0.15) is 5.75 Å². The van der Waals surface area contributed by atoms with Crippen molar-refractivity contribution in [2.45, 2.75) is 0 Å². The van der Waals surface area contributed by atoms with Crippen LogP contribution >= 0.6 is 0 Å². The number of aromatic hydroxyl groups is 1.